The van der Waals surface area contributed by atoms with Gasteiger partial charge in [0.05, 0.1) is 5.69 Å². The Morgan fingerprint density at radius 3 is 2.63 bits per heavy atom. The SMILES string of the molecule is CC(C)Nc1nccc(C2C(c3ccc(F)cc3)N=C3C=C(CN(C)C)C=CN32)n1. The number of fused-ring (bicyclic) bond motifs is 1. The quantitative estimate of drug-likeness (QED) is 0.787. The largest absolute Gasteiger partial charge is 0.352 e. The minimum Gasteiger partial charge on any atom is -0.352 e. The Kier molecular flexibility index (Phi) is 5.63. The summed E-state index contributed by atoms with van der Waals surface area (Å²) in [5.41, 5.74) is 3.02. The Morgan fingerprint density at radius 2 is 1.93 bits per heavy atom. The average molecular weight is 407 g/mol. The van der Waals surface area contributed by atoms with Crippen LogP contribution < -0.4 is 5.32 Å². The van der Waals surface area contributed by atoms with Crippen molar-refractivity contribution >= 4 is 11.8 Å². The lowest BCUT2D eigenvalue weighted by atomic mass is 9.97. The summed E-state index contributed by atoms with van der Waals surface area (Å²) in [6.45, 7) is 4.95. The van der Waals surface area contributed by atoms with Gasteiger partial charge in [0.25, 0.3) is 0 Å². The number of likely N-dealkylation sites (N-methyl/N-ethyl adjacent to an activating group) is 1. The zero-order chi connectivity index (χ0) is 21.3. The third-order valence-corrected chi connectivity index (χ3v) is 5.01. The lowest BCUT2D eigenvalue weighted by Crippen LogP contribution is -2.29. The van der Waals surface area contributed by atoms with E-state index in [1.165, 1.54) is 17.7 Å². The average Bonchev–Trinajstić information content (AvgIpc) is 3.06. The summed E-state index contributed by atoms with van der Waals surface area (Å²) in [6.07, 6.45) is 8.08. The number of hydrogen-bond donors (Lipinski definition) is 1. The molecule has 4 rings (SSSR count). The van der Waals surface area contributed by atoms with Crippen LogP contribution in [0.25, 0.3) is 0 Å². The number of anilines is 1. The maximum absolute atomic E-state index is 13.5. The van der Waals surface area contributed by atoms with Crippen molar-refractivity contribution in [3.63, 3.8) is 0 Å². The molecule has 2 aliphatic rings. The fourth-order valence-electron chi connectivity index (χ4n) is 3.79. The van der Waals surface area contributed by atoms with Crippen molar-refractivity contribution in [2.75, 3.05) is 26.0 Å². The third kappa shape index (κ3) is 4.26. The van der Waals surface area contributed by atoms with E-state index in [4.69, 9.17) is 9.98 Å². The van der Waals surface area contributed by atoms with Crippen molar-refractivity contribution in [2.45, 2.75) is 32.0 Å². The molecule has 2 aromatic rings. The lowest BCUT2D eigenvalue weighted by molar-refractivity contribution is 0.384. The molecule has 1 N–H and O–H groups in total. The molecule has 0 aliphatic carbocycles. The molecule has 2 aliphatic heterocycles. The minimum atomic E-state index is -0.253. The molecule has 0 radical (unpaired) electrons. The third-order valence-electron chi connectivity index (χ3n) is 5.01. The Balaban J connectivity index is 1.73. The van der Waals surface area contributed by atoms with Crippen molar-refractivity contribution in [1.82, 2.24) is 19.8 Å². The second-order valence-corrected chi connectivity index (χ2v) is 8.21. The van der Waals surface area contributed by atoms with E-state index in [0.29, 0.717) is 5.95 Å². The first-order chi connectivity index (χ1) is 14.4. The van der Waals surface area contributed by atoms with Gasteiger partial charge in [-0.2, -0.15) is 0 Å². The van der Waals surface area contributed by atoms with Crippen molar-refractivity contribution in [3.8, 4) is 0 Å². The van der Waals surface area contributed by atoms with Gasteiger partial charge >= 0.3 is 0 Å². The summed E-state index contributed by atoms with van der Waals surface area (Å²) in [7, 11) is 4.09. The fourth-order valence-corrected chi connectivity index (χ4v) is 3.79. The van der Waals surface area contributed by atoms with Gasteiger partial charge in [0.2, 0.25) is 5.95 Å². The Morgan fingerprint density at radius 1 is 1.17 bits per heavy atom. The molecule has 0 saturated heterocycles. The number of aromatic nitrogens is 2. The number of halogens is 1. The zero-order valence-electron chi connectivity index (χ0n) is 17.7. The molecule has 0 spiro atoms. The van der Waals surface area contributed by atoms with Gasteiger partial charge in [-0.1, -0.05) is 12.1 Å². The number of hydrogen-bond acceptors (Lipinski definition) is 6. The summed E-state index contributed by atoms with van der Waals surface area (Å²) in [5.74, 6) is 1.24. The van der Waals surface area contributed by atoms with Gasteiger partial charge in [-0.05, 0) is 69.4 Å². The molecule has 156 valence electrons. The van der Waals surface area contributed by atoms with Crippen LogP contribution in [0.5, 0.6) is 0 Å². The number of aliphatic imine (C=N–C) groups is 1. The summed E-state index contributed by atoms with van der Waals surface area (Å²) >= 11 is 0. The molecular weight excluding hydrogens is 379 g/mol. The molecular formula is C23H27FN6. The molecule has 2 unspecified atom stereocenters. The highest BCUT2D eigenvalue weighted by Crippen LogP contribution is 2.43. The maximum atomic E-state index is 13.5. The number of benzene rings is 1. The first-order valence-corrected chi connectivity index (χ1v) is 10.2. The van der Waals surface area contributed by atoms with Gasteiger partial charge in [-0.25, -0.2) is 14.4 Å². The van der Waals surface area contributed by atoms with E-state index in [-0.39, 0.29) is 23.9 Å². The smallest absolute Gasteiger partial charge is 0.223 e. The van der Waals surface area contributed by atoms with Gasteiger partial charge in [0.1, 0.15) is 23.7 Å². The molecule has 3 heterocycles. The van der Waals surface area contributed by atoms with Crippen LogP contribution >= 0.6 is 0 Å². The van der Waals surface area contributed by atoms with E-state index in [2.05, 4.69) is 52.3 Å². The summed E-state index contributed by atoms with van der Waals surface area (Å²) in [6, 6.07) is 8.41. The second kappa shape index (κ2) is 8.36. The van der Waals surface area contributed by atoms with Crippen LogP contribution in [0.15, 0.2) is 65.4 Å². The summed E-state index contributed by atoms with van der Waals surface area (Å²) in [4.78, 5) is 18.4. The van der Waals surface area contributed by atoms with E-state index in [1.807, 2.05) is 20.2 Å². The van der Waals surface area contributed by atoms with Gasteiger partial charge in [0, 0.05) is 25.0 Å². The lowest BCUT2D eigenvalue weighted by Gasteiger charge is -2.29. The minimum absolute atomic E-state index is 0.130. The van der Waals surface area contributed by atoms with Crippen LogP contribution in [0, 0.1) is 5.82 Å². The number of amidine groups is 1. The molecule has 2 atom stereocenters. The molecule has 0 saturated carbocycles. The normalized spacial score (nSPS) is 20.4. The van der Waals surface area contributed by atoms with Crippen LogP contribution in [0.1, 0.15) is 37.2 Å². The van der Waals surface area contributed by atoms with Crippen LogP contribution in [0.2, 0.25) is 0 Å². The maximum Gasteiger partial charge on any atom is 0.223 e. The van der Waals surface area contributed by atoms with Crippen LogP contribution in [-0.2, 0) is 0 Å². The molecule has 1 aromatic heterocycles. The number of nitrogens with zero attached hydrogens (tertiary/aromatic N) is 5. The molecule has 0 amide bonds. The highest BCUT2D eigenvalue weighted by Gasteiger charge is 2.38. The molecule has 6 nitrogen and oxygen atoms in total. The molecule has 7 heteroatoms. The van der Waals surface area contributed by atoms with Crippen molar-refractivity contribution in [1.29, 1.82) is 0 Å². The highest BCUT2D eigenvalue weighted by atomic mass is 19.1. The predicted octanol–water partition coefficient (Wildman–Crippen LogP) is 3.95. The van der Waals surface area contributed by atoms with Gasteiger partial charge in [0.15, 0.2) is 0 Å². The fraction of sp³-hybridized carbons (Fsp3) is 0.348. The van der Waals surface area contributed by atoms with Gasteiger partial charge in [-0.15, -0.1) is 0 Å². The van der Waals surface area contributed by atoms with E-state index in [9.17, 15) is 4.39 Å². The first kappa shape index (κ1) is 20.2. The van der Waals surface area contributed by atoms with Crippen molar-refractivity contribution in [3.05, 3.63) is 77.5 Å². The Labute approximate surface area is 176 Å². The van der Waals surface area contributed by atoms with Crippen molar-refractivity contribution < 1.29 is 4.39 Å². The summed E-state index contributed by atoms with van der Waals surface area (Å²) in [5, 5.41) is 3.27. The molecule has 0 fully saturated rings. The zero-order valence-corrected chi connectivity index (χ0v) is 17.7. The molecule has 30 heavy (non-hydrogen) atoms. The highest BCUT2D eigenvalue weighted by molar-refractivity contribution is 5.97. The van der Waals surface area contributed by atoms with Gasteiger partial charge in [-0.3, -0.25) is 4.99 Å². The van der Waals surface area contributed by atoms with Crippen LogP contribution in [0.3, 0.4) is 0 Å². The molecule has 0 bridgehead atoms. The second-order valence-electron chi connectivity index (χ2n) is 8.21. The van der Waals surface area contributed by atoms with Crippen LogP contribution in [-0.4, -0.2) is 52.3 Å². The Hall–Kier alpha value is -3.06. The monoisotopic (exact) mass is 406 g/mol. The summed E-state index contributed by atoms with van der Waals surface area (Å²) < 4.78 is 13.5. The van der Waals surface area contributed by atoms with E-state index >= 15 is 0 Å². The number of nitrogens with one attached hydrogen (secondary N) is 1. The number of rotatable bonds is 6. The van der Waals surface area contributed by atoms with Gasteiger partial charge < -0.3 is 15.1 Å². The van der Waals surface area contributed by atoms with E-state index in [0.717, 1.165) is 23.6 Å². The molecule has 1 aromatic carbocycles. The van der Waals surface area contributed by atoms with Crippen molar-refractivity contribution in [2.24, 2.45) is 4.99 Å². The van der Waals surface area contributed by atoms with E-state index < -0.39 is 0 Å². The first-order valence-electron chi connectivity index (χ1n) is 10.2. The van der Waals surface area contributed by atoms with E-state index in [1.54, 1.807) is 18.3 Å². The topological polar surface area (TPSA) is 56.7 Å². The standard InChI is InChI=1S/C23H27FN6/c1-15(2)26-23-25-11-9-19(27-23)22-21(17-5-7-18(24)8-6-17)28-20-13-16(14-29(3)4)10-12-30(20)22/h5-13,15,21-22H,14H2,1-4H3,(H,25,26,27). The van der Waals surface area contributed by atoms with Crippen LogP contribution in [0.4, 0.5) is 10.3 Å². The predicted molar refractivity (Wildman–Crippen MR) is 118 cm³/mol. The Bertz CT molecular complexity index is 993.